The van der Waals surface area contributed by atoms with E-state index in [-0.39, 0.29) is 59.8 Å². The van der Waals surface area contributed by atoms with Crippen molar-refractivity contribution in [2.24, 2.45) is 11.8 Å². The molecule has 0 saturated carbocycles. The van der Waals surface area contributed by atoms with Crippen LogP contribution in [0.2, 0.25) is 0 Å². The maximum absolute atomic E-state index is 14.0. The number of likely N-dealkylation sites (N-methyl/N-ethyl adjacent to an activating group) is 1. The number of amides is 3. The van der Waals surface area contributed by atoms with Crippen molar-refractivity contribution in [3.05, 3.63) is 47.5 Å². The molecule has 2 aliphatic rings. The summed E-state index contributed by atoms with van der Waals surface area (Å²) in [6, 6.07) is 7.96. The van der Waals surface area contributed by atoms with E-state index >= 15 is 0 Å². The van der Waals surface area contributed by atoms with Crippen LogP contribution in [0.25, 0.3) is 0 Å². The summed E-state index contributed by atoms with van der Waals surface area (Å²) in [6.45, 7) is 17.2. The number of piperidine rings is 1. The van der Waals surface area contributed by atoms with E-state index in [2.05, 4.69) is 24.1 Å². The average Bonchev–Trinajstić information content (AvgIpc) is 3.54. The van der Waals surface area contributed by atoms with Gasteiger partial charge in [-0.05, 0) is 76.8 Å². The summed E-state index contributed by atoms with van der Waals surface area (Å²) in [4.78, 5) is 60.1. The molecule has 3 rings (SSSR count). The predicted octanol–water partition coefficient (Wildman–Crippen LogP) is 5.50. The second-order valence-corrected chi connectivity index (χ2v) is 14.0. The van der Waals surface area contributed by atoms with Crippen LogP contribution in [0.3, 0.4) is 0 Å². The van der Waals surface area contributed by atoms with Crippen LogP contribution >= 0.6 is 0 Å². The second kappa shape index (κ2) is 17.1. The van der Waals surface area contributed by atoms with Crippen molar-refractivity contribution >= 4 is 23.7 Å². The van der Waals surface area contributed by atoms with Gasteiger partial charge in [-0.3, -0.25) is 19.3 Å². The van der Waals surface area contributed by atoms with E-state index in [1.807, 2.05) is 71.0 Å². The Kier molecular flexibility index (Phi) is 13.8. The number of carbonyl (C=O) groups excluding carboxylic acids is 4. The van der Waals surface area contributed by atoms with Crippen molar-refractivity contribution < 1.29 is 23.9 Å². The van der Waals surface area contributed by atoms with Crippen molar-refractivity contribution in [3.8, 4) is 0 Å². The molecule has 0 aliphatic carbocycles. The Morgan fingerprint density at radius 2 is 1.59 bits per heavy atom. The molecular formula is C37H58N4O5. The maximum atomic E-state index is 14.0. The van der Waals surface area contributed by atoms with Gasteiger partial charge in [0.1, 0.15) is 18.2 Å². The van der Waals surface area contributed by atoms with Crippen LogP contribution in [0.4, 0.5) is 0 Å². The number of nitrogens with zero attached hydrogens (tertiary/aromatic N) is 3. The fourth-order valence-electron chi connectivity index (χ4n) is 6.82. The van der Waals surface area contributed by atoms with Gasteiger partial charge in [0.15, 0.2) is 0 Å². The first-order chi connectivity index (χ1) is 21.8. The summed E-state index contributed by atoms with van der Waals surface area (Å²) in [5.74, 6) is -0.995. The lowest BCUT2D eigenvalue weighted by molar-refractivity contribution is -0.157. The summed E-state index contributed by atoms with van der Waals surface area (Å²) in [7, 11) is 1.74. The van der Waals surface area contributed by atoms with E-state index in [0.717, 1.165) is 37.8 Å². The first kappa shape index (κ1) is 37.3. The lowest BCUT2D eigenvalue weighted by Crippen LogP contribution is -2.58. The quantitative estimate of drug-likeness (QED) is 0.226. The van der Waals surface area contributed by atoms with Crippen molar-refractivity contribution in [2.75, 3.05) is 20.1 Å². The van der Waals surface area contributed by atoms with E-state index in [0.29, 0.717) is 25.0 Å². The molecule has 256 valence electrons. The van der Waals surface area contributed by atoms with Gasteiger partial charge < -0.3 is 19.9 Å². The van der Waals surface area contributed by atoms with Gasteiger partial charge in [-0.15, -0.1) is 0 Å². The number of carbonyl (C=O) groups is 4. The summed E-state index contributed by atoms with van der Waals surface area (Å²) in [5.41, 5.74) is 1.41. The number of hydrogen-bond donors (Lipinski definition) is 1. The van der Waals surface area contributed by atoms with Crippen molar-refractivity contribution in [1.29, 1.82) is 0 Å². The molecule has 0 radical (unpaired) electrons. The van der Waals surface area contributed by atoms with Gasteiger partial charge in [0.05, 0.1) is 12.1 Å². The Hall–Kier alpha value is -3.20. The molecule has 1 N–H and O–H groups in total. The van der Waals surface area contributed by atoms with E-state index in [1.54, 1.807) is 23.8 Å². The number of likely N-dealkylation sites (tertiary alicyclic amines) is 2. The third-order valence-electron chi connectivity index (χ3n) is 9.56. The van der Waals surface area contributed by atoms with Gasteiger partial charge in [0.25, 0.3) is 0 Å². The zero-order valence-electron chi connectivity index (χ0n) is 29.6. The zero-order valence-corrected chi connectivity index (χ0v) is 29.6. The minimum atomic E-state index is -0.687. The number of benzene rings is 1. The summed E-state index contributed by atoms with van der Waals surface area (Å²) >= 11 is 0. The lowest BCUT2D eigenvalue weighted by Gasteiger charge is -2.39. The molecule has 1 unspecified atom stereocenters. The van der Waals surface area contributed by atoms with Gasteiger partial charge in [-0.2, -0.15) is 0 Å². The molecule has 0 aromatic heterocycles. The SMILES string of the molecule is CCC(OC(=O)[C@@H]1CCCN1C(=O)C(C)=C[C@H](C(C)C)N(C)C(=O)[C@@H](NC(=O)[C@H]1CCCCN1C(C)C)C(C)C)c1ccccc1. The average molecular weight is 639 g/mol. The Balaban J connectivity index is 1.74. The molecular weight excluding hydrogens is 580 g/mol. The number of esters is 1. The molecule has 1 aromatic rings. The Morgan fingerprint density at radius 1 is 0.935 bits per heavy atom. The second-order valence-electron chi connectivity index (χ2n) is 14.0. The molecule has 3 amide bonds. The molecule has 2 fully saturated rings. The first-order valence-electron chi connectivity index (χ1n) is 17.4. The minimum Gasteiger partial charge on any atom is -0.456 e. The maximum Gasteiger partial charge on any atom is 0.329 e. The van der Waals surface area contributed by atoms with E-state index in [9.17, 15) is 19.2 Å². The van der Waals surface area contributed by atoms with Crippen LogP contribution in [0.15, 0.2) is 42.0 Å². The van der Waals surface area contributed by atoms with Gasteiger partial charge in [0, 0.05) is 25.2 Å². The van der Waals surface area contributed by atoms with Crippen molar-refractivity contribution in [2.45, 2.75) is 130 Å². The van der Waals surface area contributed by atoms with Crippen LogP contribution in [0, 0.1) is 11.8 Å². The van der Waals surface area contributed by atoms with Crippen molar-refractivity contribution in [1.82, 2.24) is 20.0 Å². The molecule has 0 spiro atoms. The topological polar surface area (TPSA) is 99.3 Å². The van der Waals surface area contributed by atoms with Gasteiger partial charge >= 0.3 is 5.97 Å². The number of rotatable bonds is 13. The van der Waals surface area contributed by atoms with Crippen LogP contribution in [-0.4, -0.2) is 88.7 Å². The normalized spacial score (nSPS) is 21.3. The van der Waals surface area contributed by atoms with Crippen molar-refractivity contribution in [3.63, 3.8) is 0 Å². The zero-order chi connectivity index (χ0) is 34.1. The largest absolute Gasteiger partial charge is 0.456 e. The standard InChI is InChI=1S/C37H58N4O5/c1-10-32(28-17-12-11-13-18-28)46-37(45)30-20-16-22-41(30)35(43)27(8)23-31(24(2)3)39(9)36(44)33(25(4)5)38-34(42)29-19-14-15-21-40(29)26(6)7/h11-13,17-18,23-26,29-33H,10,14-16,19-22H2,1-9H3,(H,38,42)/t29-,30+,31-,32?,33+/m1/s1. The predicted molar refractivity (Wildman–Crippen MR) is 182 cm³/mol. The summed E-state index contributed by atoms with van der Waals surface area (Å²) in [6.07, 6.45) is 6.24. The number of ether oxygens (including phenoxy) is 1. The highest BCUT2D eigenvalue weighted by Crippen LogP contribution is 2.27. The summed E-state index contributed by atoms with van der Waals surface area (Å²) < 4.78 is 5.92. The fraction of sp³-hybridized carbons (Fsp3) is 0.676. The number of nitrogens with one attached hydrogen (secondary N) is 1. The minimum absolute atomic E-state index is 0.00511. The van der Waals surface area contributed by atoms with E-state index < -0.39 is 12.1 Å². The smallest absolute Gasteiger partial charge is 0.329 e. The molecule has 46 heavy (non-hydrogen) atoms. The molecule has 2 saturated heterocycles. The Morgan fingerprint density at radius 3 is 2.17 bits per heavy atom. The van der Waals surface area contributed by atoms with E-state index in [1.165, 1.54) is 0 Å². The third-order valence-corrected chi connectivity index (χ3v) is 9.56. The highest BCUT2D eigenvalue weighted by Gasteiger charge is 2.38. The molecule has 9 heteroatoms. The van der Waals surface area contributed by atoms with Gasteiger partial charge in [-0.1, -0.05) is 77.4 Å². The van der Waals surface area contributed by atoms with Crippen LogP contribution in [0.5, 0.6) is 0 Å². The molecule has 2 aliphatic heterocycles. The Labute approximate surface area is 277 Å². The molecule has 5 atom stereocenters. The van der Waals surface area contributed by atoms with E-state index in [4.69, 9.17) is 4.74 Å². The Bertz CT molecular complexity index is 1210. The molecule has 9 nitrogen and oxygen atoms in total. The van der Waals surface area contributed by atoms with Crippen LogP contribution < -0.4 is 5.32 Å². The summed E-state index contributed by atoms with van der Waals surface area (Å²) in [5, 5.41) is 3.10. The van der Waals surface area contributed by atoms with Gasteiger partial charge in [-0.25, -0.2) is 4.79 Å². The van der Waals surface area contributed by atoms with Gasteiger partial charge in [0.2, 0.25) is 17.7 Å². The fourth-order valence-corrected chi connectivity index (χ4v) is 6.82. The number of hydrogen-bond acceptors (Lipinski definition) is 6. The monoisotopic (exact) mass is 638 g/mol. The molecule has 1 aromatic carbocycles. The van der Waals surface area contributed by atoms with Crippen LogP contribution in [0.1, 0.15) is 106 Å². The third kappa shape index (κ3) is 9.20. The highest BCUT2D eigenvalue weighted by atomic mass is 16.5. The highest BCUT2D eigenvalue weighted by molar-refractivity contribution is 5.96. The first-order valence-corrected chi connectivity index (χ1v) is 17.4. The molecule has 2 heterocycles. The molecule has 0 bridgehead atoms. The lowest BCUT2D eigenvalue weighted by atomic mass is 9.95. The van der Waals surface area contributed by atoms with Crippen LogP contribution in [-0.2, 0) is 23.9 Å².